The SMILES string of the molecule is Cn1ccc2ncnc(NCc3ccc(B(O)O)cc3)c21.O=CO. The molecule has 124 valence electrons. The molecule has 0 aliphatic carbocycles. The summed E-state index contributed by atoms with van der Waals surface area (Å²) < 4.78 is 1.98. The van der Waals surface area contributed by atoms with E-state index in [2.05, 4.69) is 15.3 Å². The van der Waals surface area contributed by atoms with Crippen molar-refractivity contribution < 1.29 is 19.9 Å². The fraction of sp³-hybridized carbons (Fsp3) is 0.133. The molecule has 0 aliphatic rings. The number of benzene rings is 1. The molecule has 0 amide bonds. The second-order valence-corrected chi connectivity index (χ2v) is 4.96. The van der Waals surface area contributed by atoms with Crippen molar-refractivity contribution in [3.63, 3.8) is 0 Å². The number of nitrogens with zero attached hydrogens (tertiary/aromatic N) is 3. The summed E-state index contributed by atoms with van der Waals surface area (Å²) in [5.41, 5.74) is 3.36. The van der Waals surface area contributed by atoms with E-state index in [0.29, 0.717) is 12.0 Å². The van der Waals surface area contributed by atoms with E-state index in [9.17, 15) is 0 Å². The lowest BCUT2D eigenvalue weighted by molar-refractivity contribution is -0.122. The molecule has 0 unspecified atom stereocenters. The molecule has 8 nitrogen and oxygen atoms in total. The zero-order chi connectivity index (χ0) is 17.5. The van der Waals surface area contributed by atoms with Crippen LogP contribution in [0.25, 0.3) is 11.0 Å². The van der Waals surface area contributed by atoms with Crippen LogP contribution in [0.15, 0.2) is 42.9 Å². The van der Waals surface area contributed by atoms with Crippen molar-refractivity contribution in [3.8, 4) is 0 Å². The topological polar surface area (TPSA) is 121 Å². The minimum absolute atomic E-state index is 0.250. The lowest BCUT2D eigenvalue weighted by Crippen LogP contribution is -2.29. The van der Waals surface area contributed by atoms with Crippen molar-refractivity contribution in [1.29, 1.82) is 0 Å². The molecule has 0 radical (unpaired) electrons. The molecular formula is C15H17BN4O4. The molecule has 0 atom stereocenters. The van der Waals surface area contributed by atoms with E-state index in [1.54, 1.807) is 12.1 Å². The summed E-state index contributed by atoms with van der Waals surface area (Å²) in [6.45, 7) is 0.346. The maximum absolute atomic E-state index is 9.07. The molecule has 0 bridgehead atoms. The summed E-state index contributed by atoms with van der Waals surface area (Å²) in [6, 6.07) is 9.04. The fourth-order valence-electron chi connectivity index (χ4n) is 2.24. The highest BCUT2D eigenvalue weighted by molar-refractivity contribution is 6.58. The Morgan fingerprint density at radius 2 is 1.88 bits per heavy atom. The maximum atomic E-state index is 9.07. The molecule has 9 heteroatoms. The maximum Gasteiger partial charge on any atom is 0.488 e. The fourth-order valence-corrected chi connectivity index (χ4v) is 2.24. The number of hydrogen-bond acceptors (Lipinski definition) is 6. The smallest absolute Gasteiger partial charge is 0.483 e. The van der Waals surface area contributed by atoms with Crippen LogP contribution in [-0.4, -0.2) is 43.3 Å². The van der Waals surface area contributed by atoms with Gasteiger partial charge in [0.25, 0.3) is 6.47 Å². The summed E-state index contributed by atoms with van der Waals surface area (Å²) in [7, 11) is 0.519. The summed E-state index contributed by atoms with van der Waals surface area (Å²) in [6.07, 6.45) is 3.48. The minimum atomic E-state index is -1.43. The van der Waals surface area contributed by atoms with Crippen molar-refractivity contribution in [2.45, 2.75) is 6.54 Å². The van der Waals surface area contributed by atoms with Crippen LogP contribution in [0.3, 0.4) is 0 Å². The molecular weight excluding hydrogens is 311 g/mol. The Morgan fingerprint density at radius 1 is 1.21 bits per heavy atom. The minimum Gasteiger partial charge on any atom is -0.483 e. The summed E-state index contributed by atoms with van der Waals surface area (Å²) in [4.78, 5) is 16.9. The Bertz CT molecular complexity index is 805. The summed E-state index contributed by atoms with van der Waals surface area (Å²) in [5.74, 6) is 0.777. The number of carbonyl (C=O) groups is 1. The van der Waals surface area contributed by atoms with Gasteiger partial charge in [-0.2, -0.15) is 0 Å². The van der Waals surface area contributed by atoms with Crippen LogP contribution in [0.5, 0.6) is 0 Å². The van der Waals surface area contributed by atoms with Crippen molar-refractivity contribution in [2.75, 3.05) is 5.32 Å². The van der Waals surface area contributed by atoms with Crippen molar-refractivity contribution in [3.05, 3.63) is 48.4 Å². The monoisotopic (exact) mass is 328 g/mol. The molecule has 0 saturated heterocycles. The highest BCUT2D eigenvalue weighted by Crippen LogP contribution is 2.19. The van der Waals surface area contributed by atoms with Gasteiger partial charge in [-0.05, 0) is 17.1 Å². The van der Waals surface area contributed by atoms with E-state index >= 15 is 0 Å². The Balaban J connectivity index is 0.000000647. The van der Waals surface area contributed by atoms with Crippen LogP contribution < -0.4 is 10.8 Å². The number of fused-ring (bicyclic) bond motifs is 1. The summed E-state index contributed by atoms with van der Waals surface area (Å²) >= 11 is 0. The Hall–Kier alpha value is -2.91. The molecule has 0 spiro atoms. The third-order valence-corrected chi connectivity index (χ3v) is 3.40. The molecule has 1 aromatic carbocycles. The first-order chi connectivity index (χ1) is 11.6. The molecule has 4 N–H and O–H groups in total. The Labute approximate surface area is 138 Å². The lowest BCUT2D eigenvalue weighted by Gasteiger charge is -2.08. The van der Waals surface area contributed by atoms with E-state index in [1.165, 1.54) is 6.33 Å². The van der Waals surface area contributed by atoms with Gasteiger partial charge < -0.3 is 25.0 Å². The van der Waals surface area contributed by atoms with Gasteiger partial charge in [0.15, 0.2) is 5.82 Å². The first kappa shape index (κ1) is 17.4. The molecule has 0 saturated carbocycles. The van der Waals surface area contributed by atoms with E-state index in [1.807, 2.05) is 36.0 Å². The molecule has 0 aliphatic heterocycles. The van der Waals surface area contributed by atoms with Crippen LogP contribution in [0.2, 0.25) is 0 Å². The quantitative estimate of drug-likeness (QED) is 0.392. The predicted molar refractivity (Wildman–Crippen MR) is 90.8 cm³/mol. The van der Waals surface area contributed by atoms with Crippen molar-refractivity contribution >= 4 is 35.9 Å². The third-order valence-electron chi connectivity index (χ3n) is 3.40. The highest BCUT2D eigenvalue weighted by Gasteiger charge is 2.10. The molecule has 3 aromatic rings. The zero-order valence-corrected chi connectivity index (χ0v) is 13.0. The van der Waals surface area contributed by atoms with Gasteiger partial charge >= 0.3 is 7.12 Å². The van der Waals surface area contributed by atoms with Crippen LogP contribution in [0.1, 0.15) is 5.56 Å². The standard InChI is InChI=1S/C14H15BN4O2.CH2O2/c1-19-7-6-12-13(19)14(18-9-17-12)16-8-10-2-4-11(5-3-10)15(20)21;2-1-3/h2-7,9,20-21H,8H2,1H3,(H,16,17,18);1H,(H,2,3). The van der Waals surface area contributed by atoms with Gasteiger partial charge in [-0.25, -0.2) is 9.97 Å². The van der Waals surface area contributed by atoms with Gasteiger partial charge in [0.2, 0.25) is 0 Å². The number of anilines is 1. The Morgan fingerprint density at radius 3 is 2.50 bits per heavy atom. The average Bonchev–Trinajstić information content (AvgIpc) is 2.96. The van der Waals surface area contributed by atoms with Crippen LogP contribution in [0, 0.1) is 0 Å². The van der Waals surface area contributed by atoms with Gasteiger partial charge in [-0.3, -0.25) is 4.79 Å². The van der Waals surface area contributed by atoms with E-state index in [-0.39, 0.29) is 6.47 Å². The van der Waals surface area contributed by atoms with Gasteiger partial charge in [-0.15, -0.1) is 0 Å². The third kappa shape index (κ3) is 4.09. The van der Waals surface area contributed by atoms with Gasteiger partial charge in [-0.1, -0.05) is 24.3 Å². The normalized spacial score (nSPS) is 9.96. The summed E-state index contributed by atoms with van der Waals surface area (Å²) in [5, 5.41) is 28.3. The van der Waals surface area contributed by atoms with E-state index < -0.39 is 7.12 Å². The van der Waals surface area contributed by atoms with Gasteiger partial charge in [0.05, 0.1) is 5.52 Å². The largest absolute Gasteiger partial charge is 0.488 e. The van der Waals surface area contributed by atoms with E-state index in [4.69, 9.17) is 19.9 Å². The number of hydrogen-bond donors (Lipinski definition) is 4. The Kier molecular flexibility index (Phi) is 5.88. The molecule has 24 heavy (non-hydrogen) atoms. The number of aryl methyl sites for hydroxylation is 1. The van der Waals surface area contributed by atoms with Crippen LogP contribution in [-0.2, 0) is 18.4 Å². The predicted octanol–water partition coefficient (Wildman–Crippen LogP) is -0.0390. The average molecular weight is 328 g/mol. The molecule has 2 heterocycles. The zero-order valence-electron chi connectivity index (χ0n) is 13.0. The first-order valence-electron chi connectivity index (χ1n) is 7.09. The molecule has 2 aromatic heterocycles. The lowest BCUT2D eigenvalue weighted by atomic mass is 9.80. The van der Waals surface area contributed by atoms with Gasteiger partial charge in [0.1, 0.15) is 11.8 Å². The van der Waals surface area contributed by atoms with Crippen LogP contribution >= 0.6 is 0 Å². The second-order valence-electron chi connectivity index (χ2n) is 4.96. The number of carboxylic acid groups (broad SMARTS) is 1. The number of nitrogens with one attached hydrogen (secondary N) is 1. The van der Waals surface area contributed by atoms with Crippen molar-refractivity contribution in [1.82, 2.24) is 14.5 Å². The van der Waals surface area contributed by atoms with Crippen LogP contribution in [0.4, 0.5) is 5.82 Å². The second kappa shape index (κ2) is 8.09. The van der Waals surface area contributed by atoms with Gasteiger partial charge in [0, 0.05) is 19.8 Å². The molecule has 3 rings (SSSR count). The highest BCUT2D eigenvalue weighted by atomic mass is 16.4. The first-order valence-corrected chi connectivity index (χ1v) is 7.09. The molecule has 0 fully saturated rings. The number of aromatic nitrogens is 3. The van der Waals surface area contributed by atoms with Crippen molar-refractivity contribution in [2.24, 2.45) is 7.05 Å². The van der Waals surface area contributed by atoms with E-state index in [0.717, 1.165) is 22.4 Å². The number of rotatable bonds is 4.